The molecule has 8 heteroatoms. The quantitative estimate of drug-likeness (QED) is 0.599. The molecule has 2 rings (SSSR count). The summed E-state index contributed by atoms with van der Waals surface area (Å²) in [4.78, 5) is 28.3. The lowest BCUT2D eigenvalue weighted by atomic mass is 10.3. The normalized spacial score (nSPS) is 15.3. The van der Waals surface area contributed by atoms with Gasteiger partial charge >= 0.3 is 0 Å². The van der Waals surface area contributed by atoms with Crippen molar-refractivity contribution < 1.29 is 9.59 Å². The molecule has 0 aliphatic heterocycles. The Labute approximate surface area is 127 Å². The first-order valence-corrected chi connectivity index (χ1v) is 7.94. The number of hydrogen-bond donors (Lipinski definition) is 4. The maximum Gasteiger partial charge on any atom is 0.265 e. The molecule has 0 spiro atoms. The number of amides is 2. The Balaban J connectivity index is 1.92. The molecule has 1 aliphatic carbocycles. The van der Waals surface area contributed by atoms with E-state index in [9.17, 15) is 9.59 Å². The van der Waals surface area contributed by atoms with Gasteiger partial charge in [0.25, 0.3) is 5.91 Å². The third kappa shape index (κ3) is 4.32. The van der Waals surface area contributed by atoms with Crippen molar-refractivity contribution in [3.8, 4) is 0 Å². The molecule has 1 heterocycles. The van der Waals surface area contributed by atoms with E-state index in [0.717, 1.165) is 19.3 Å². The van der Waals surface area contributed by atoms with Crippen LogP contribution in [-0.2, 0) is 4.79 Å². The summed E-state index contributed by atoms with van der Waals surface area (Å²) in [7, 11) is 0. The Morgan fingerprint density at radius 2 is 2.19 bits per heavy atom. The van der Waals surface area contributed by atoms with Crippen LogP contribution in [0.15, 0.2) is 0 Å². The molecule has 116 valence electrons. The van der Waals surface area contributed by atoms with E-state index in [1.807, 2.05) is 6.92 Å². The number of carbonyl (C=O) groups excluding carboxylic acids is 2. The molecule has 1 saturated carbocycles. The van der Waals surface area contributed by atoms with E-state index in [2.05, 4.69) is 20.9 Å². The summed E-state index contributed by atoms with van der Waals surface area (Å²) >= 11 is 1.22. The number of nitrogens with zero attached hydrogens (tertiary/aromatic N) is 1. The van der Waals surface area contributed by atoms with Gasteiger partial charge in [-0.3, -0.25) is 9.59 Å². The van der Waals surface area contributed by atoms with Gasteiger partial charge in [0.1, 0.15) is 16.7 Å². The molecule has 5 N–H and O–H groups in total. The predicted octanol–water partition coefficient (Wildman–Crippen LogP) is 0.944. The van der Waals surface area contributed by atoms with Gasteiger partial charge in [-0.2, -0.15) is 0 Å². The molecule has 1 aromatic heterocycles. The summed E-state index contributed by atoms with van der Waals surface area (Å²) in [5.41, 5.74) is 5.77. The molecular weight excluding hydrogens is 290 g/mol. The Hall–Kier alpha value is -1.83. The number of thiazole rings is 1. The van der Waals surface area contributed by atoms with Gasteiger partial charge in [-0.1, -0.05) is 18.3 Å². The van der Waals surface area contributed by atoms with Crippen LogP contribution < -0.4 is 21.7 Å². The minimum atomic E-state index is -0.606. The third-order valence-electron chi connectivity index (χ3n) is 3.05. The van der Waals surface area contributed by atoms with Crippen LogP contribution in [0.2, 0.25) is 0 Å². The van der Waals surface area contributed by atoms with Crippen molar-refractivity contribution in [3.05, 3.63) is 4.88 Å². The van der Waals surface area contributed by atoms with Crippen LogP contribution in [-0.4, -0.2) is 35.4 Å². The monoisotopic (exact) mass is 311 g/mol. The largest absolute Gasteiger partial charge is 0.382 e. The fraction of sp³-hybridized carbons (Fsp3) is 0.615. The molecule has 1 fully saturated rings. The standard InChI is InChI=1S/C13H21N5O2S/c1-3-6-15-11(19)7(2)16-12(20)9-10(14)18-13(21-9)17-8-4-5-8/h7-8H,3-6,14H2,1-2H3,(H,15,19)(H,16,20)(H,17,18). The molecule has 2 amide bonds. The van der Waals surface area contributed by atoms with Gasteiger partial charge in [0.2, 0.25) is 5.91 Å². The summed E-state index contributed by atoms with van der Waals surface area (Å²) in [5.74, 6) is -0.376. The van der Waals surface area contributed by atoms with Crippen molar-refractivity contribution in [3.63, 3.8) is 0 Å². The van der Waals surface area contributed by atoms with Crippen LogP contribution in [0.25, 0.3) is 0 Å². The Morgan fingerprint density at radius 3 is 2.81 bits per heavy atom. The van der Waals surface area contributed by atoms with Crippen LogP contribution in [0, 0.1) is 0 Å². The van der Waals surface area contributed by atoms with Crippen LogP contribution in [0.4, 0.5) is 10.9 Å². The van der Waals surface area contributed by atoms with E-state index in [1.165, 1.54) is 11.3 Å². The first-order chi connectivity index (χ1) is 10.0. The lowest BCUT2D eigenvalue weighted by Gasteiger charge is -2.13. The van der Waals surface area contributed by atoms with E-state index in [0.29, 0.717) is 22.6 Å². The second-order valence-corrected chi connectivity index (χ2v) is 6.14. The zero-order chi connectivity index (χ0) is 15.4. The predicted molar refractivity (Wildman–Crippen MR) is 83.4 cm³/mol. The van der Waals surface area contributed by atoms with Gasteiger partial charge in [0, 0.05) is 12.6 Å². The summed E-state index contributed by atoms with van der Waals surface area (Å²) in [6.07, 6.45) is 3.09. The van der Waals surface area contributed by atoms with Crippen molar-refractivity contribution in [1.29, 1.82) is 0 Å². The van der Waals surface area contributed by atoms with E-state index in [-0.39, 0.29) is 17.6 Å². The average Bonchev–Trinajstić information content (AvgIpc) is 3.17. The minimum Gasteiger partial charge on any atom is -0.382 e. The van der Waals surface area contributed by atoms with Gasteiger partial charge in [-0.25, -0.2) is 4.98 Å². The number of nitrogens with two attached hydrogens (primary N) is 1. The number of rotatable bonds is 7. The number of aromatic nitrogens is 1. The van der Waals surface area contributed by atoms with Crippen LogP contribution >= 0.6 is 11.3 Å². The van der Waals surface area contributed by atoms with Gasteiger partial charge in [0.05, 0.1) is 0 Å². The highest BCUT2D eigenvalue weighted by Gasteiger charge is 2.25. The highest BCUT2D eigenvalue weighted by Crippen LogP contribution is 2.30. The number of nitrogens with one attached hydrogen (secondary N) is 3. The molecule has 1 atom stereocenters. The molecule has 0 saturated heterocycles. The highest BCUT2D eigenvalue weighted by molar-refractivity contribution is 7.18. The van der Waals surface area contributed by atoms with E-state index in [4.69, 9.17) is 5.73 Å². The van der Waals surface area contributed by atoms with Crippen molar-refractivity contribution in [2.24, 2.45) is 0 Å². The summed E-state index contributed by atoms with van der Waals surface area (Å²) in [6, 6.07) is -0.157. The average molecular weight is 311 g/mol. The topological polar surface area (TPSA) is 109 Å². The van der Waals surface area contributed by atoms with Gasteiger partial charge in [-0.15, -0.1) is 0 Å². The molecule has 0 radical (unpaired) electrons. The second kappa shape index (κ2) is 6.75. The molecular formula is C13H21N5O2S. The molecule has 1 unspecified atom stereocenters. The first-order valence-electron chi connectivity index (χ1n) is 7.12. The molecule has 7 nitrogen and oxygen atoms in total. The van der Waals surface area contributed by atoms with Crippen molar-refractivity contribution in [1.82, 2.24) is 15.6 Å². The van der Waals surface area contributed by atoms with Crippen LogP contribution in [0.1, 0.15) is 42.8 Å². The molecule has 21 heavy (non-hydrogen) atoms. The third-order valence-corrected chi connectivity index (χ3v) is 4.06. The molecule has 1 aromatic rings. The second-order valence-electron chi connectivity index (χ2n) is 5.14. The van der Waals surface area contributed by atoms with Crippen LogP contribution in [0.5, 0.6) is 0 Å². The summed E-state index contributed by atoms with van der Waals surface area (Å²) < 4.78 is 0. The van der Waals surface area contributed by atoms with Gasteiger partial charge in [0.15, 0.2) is 5.13 Å². The lowest BCUT2D eigenvalue weighted by Crippen LogP contribution is -2.44. The summed E-state index contributed by atoms with van der Waals surface area (Å²) in [5, 5.41) is 9.23. The number of hydrogen-bond acceptors (Lipinski definition) is 6. The Morgan fingerprint density at radius 1 is 1.48 bits per heavy atom. The van der Waals surface area contributed by atoms with Crippen molar-refractivity contribution >= 4 is 34.1 Å². The fourth-order valence-electron chi connectivity index (χ4n) is 1.69. The molecule has 1 aliphatic rings. The number of carbonyl (C=O) groups is 2. The van der Waals surface area contributed by atoms with E-state index >= 15 is 0 Å². The van der Waals surface area contributed by atoms with Crippen LogP contribution in [0.3, 0.4) is 0 Å². The first kappa shape index (κ1) is 15.6. The summed E-state index contributed by atoms with van der Waals surface area (Å²) in [6.45, 7) is 4.20. The molecule has 0 aromatic carbocycles. The van der Waals surface area contributed by atoms with E-state index < -0.39 is 6.04 Å². The SMILES string of the molecule is CCCNC(=O)C(C)NC(=O)c1sc(NC2CC2)nc1N. The van der Waals surface area contributed by atoms with Crippen molar-refractivity contribution in [2.75, 3.05) is 17.6 Å². The maximum atomic E-state index is 12.1. The maximum absolute atomic E-state index is 12.1. The lowest BCUT2D eigenvalue weighted by molar-refractivity contribution is -0.122. The Kier molecular flexibility index (Phi) is 5.00. The zero-order valence-electron chi connectivity index (χ0n) is 12.2. The zero-order valence-corrected chi connectivity index (χ0v) is 13.0. The number of anilines is 2. The van der Waals surface area contributed by atoms with Gasteiger partial charge < -0.3 is 21.7 Å². The van der Waals surface area contributed by atoms with Gasteiger partial charge in [-0.05, 0) is 26.2 Å². The molecule has 0 bridgehead atoms. The van der Waals surface area contributed by atoms with Crippen molar-refractivity contribution in [2.45, 2.75) is 45.2 Å². The smallest absolute Gasteiger partial charge is 0.265 e. The Bertz CT molecular complexity index is 527. The fourth-order valence-corrected chi connectivity index (χ4v) is 2.55. The minimum absolute atomic E-state index is 0.196. The number of nitrogen functional groups attached to an aromatic ring is 1. The van der Waals surface area contributed by atoms with E-state index in [1.54, 1.807) is 6.92 Å². The highest BCUT2D eigenvalue weighted by atomic mass is 32.1.